The van der Waals surface area contributed by atoms with Crippen molar-refractivity contribution in [3.63, 3.8) is 0 Å². The average molecular weight is 220 g/mol. The fraction of sp³-hybridized carbons (Fsp3) is 0. The molecule has 0 radical (unpaired) electrons. The third-order valence-electron chi connectivity index (χ3n) is 2.08. The molecule has 4 N–H and O–H groups in total. The second-order valence-corrected chi connectivity index (χ2v) is 3.14. The molecule has 0 aliphatic rings. The van der Waals surface area contributed by atoms with Crippen molar-refractivity contribution < 1.29 is 10.0 Å². The van der Waals surface area contributed by atoms with Crippen molar-refractivity contribution >= 4 is 11.6 Å². The molecule has 0 unspecified atom stereocenters. The molecule has 7 nitrogen and oxygen atoms in total. The second-order valence-electron chi connectivity index (χ2n) is 3.14. The average Bonchev–Trinajstić information content (AvgIpc) is 2.64. The van der Waals surface area contributed by atoms with E-state index in [4.69, 9.17) is 5.73 Å². The Morgan fingerprint density at radius 3 is 2.75 bits per heavy atom. The molecule has 0 aliphatic carbocycles. The Kier molecular flexibility index (Phi) is 2.20. The van der Waals surface area contributed by atoms with E-state index in [-0.39, 0.29) is 11.6 Å². The molecule has 0 spiro atoms. The van der Waals surface area contributed by atoms with Gasteiger partial charge in [-0.05, 0) is 12.1 Å². The van der Waals surface area contributed by atoms with E-state index in [1.165, 1.54) is 24.4 Å². The van der Waals surface area contributed by atoms with Crippen molar-refractivity contribution in [3.05, 3.63) is 34.5 Å². The van der Waals surface area contributed by atoms with Crippen molar-refractivity contribution in [1.29, 1.82) is 0 Å². The minimum absolute atomic E-state index is 0.243. The quantitative estimate of drug-likeness (QED) is 0.520. The number of nitrogen functional groups attached to an aromatic ring is 1. The number of H-pyrrole nitrogens is 1. The Labute approximate surface area is 89.7 Å². The Bertz CT molecular complexity index is 549. The first-order chi connectivity index (χ1) is 7.58. The highest BCUT2D eigenvalue weighted by Crippen LogP contribution is 2.30. The van der Waals surface area contributed by atoms with Crippen LogP contribution >= 0.6 is 0 Å². The van der Waals surface area contributed by atoms with E-state index in [9.17, 15) is 15.2 Å². The number of aromatic nitrogens is 2. The number of aromatic amines is 1. The summed E-state index contributed by atoms with van der Waals surface area (Å²) in [6.45, 7) is 0. The topological polar surface area (TPSA) is 118 Å². The van der Waals surface area contributed by atoms with Gasteiger partial charge in [0, 0.05) is 11.6 Å². The van der Waals surface area contributed by atoms with Crippen LogP contribution in [-0.4, -0.2) is 20.0 Å². The summed E-state index contributed by atoms with van der Waals surface area (Å²) < 4.78 is 0. The molecule has 0 bridgehead atoms. The fourth-order valence-corrected chi connectivity index (χ4v) is 1.33. The molecule has 1 aromatic carbocycles. The highest BCUT2D eigenvalue weighted by Gasteiger charge is 2.14. The third-order valence-corrected chi connectivity index (χ3v) is 2.08. The molecule has 0 saturated heterocycles. The minimum Gasteiger partial charge on any atom is -0.502 e. The first-order valence-corrected chi connectivity index (χ1v) is 4.36. The van der Waals surface area contributed by atoms with Crippen LogP contribution in [0.1, 0.15) is 0 Å². The number of hydrogen-bond donors (Lipinski definition) is 3. The summed E-state index contributed by atoms with van der Waals surface area (Å²) in [7, 11) is 0. The summed E-state index contributed by atoms with van der Waals surface area (Å²) >= 11 is 0. The summed E-state index contributed by atoms with van der Waals surface area (Å²) in [5.41, 5.74) is 6.22. The molecule has 0 atom stereocenters. The van der Waals surface area contributed by atoms with Crippen molar-refractivity contribution in [3.8, 4) is 17.0 Å². The lowest BCUT2D eigenvalue weighted by Gasteiger charge is -1.99. The maximum absolute atomic E-state index is 10.5. The van der Waals surface area contributed by atoms with E-state index in [2.05, 4.69) is 9.97 Å². The number of nitrogens with one attached hydrogen (secondary N) is 1. The first kappa shape index (κ1) is 9.97. The predicted octanol–water partition coefficient (Wildman–Crippen LogP) is 1.27. The summed E-state index contributed by atoms with van der Waals surface area (Å²) in [6, 6.07) is 4.01. The smallest absolute Gasteiger partial charge is 0.310 e. The number of nitrogens with zero attached hydrogens (tertiary/aromatic N) is 2. The molecule has 1 aromatic heterocycles. The number of aromatic hydroxyl groups is 1. The van der Waals surface area contributed by atoms with Gasteiger partial charge in [0.15, 0.2) is 11.7 Å². The largest absolute Gasteiger partial charge is 0.502 e. The zero-order valence-corrected chi connectivity index (χ0v) is 8.04. The van der Waals surface area contributed by atoms with Gasteiger partial charge in [-0.2, -0.15) is 0 Å². The Balaban J connectivity index is 2.45. The highest BCUT2D eigenvalue weighted by molar-refractivity contribution is 5.65. The number of nitro benzene ring substituents is 1. The second kappa shape index (κ2) is 3.54. The number of phenols is 1. The van der Waals surface area contributed by atoms with Gasteiger partial charge in [-0.3, -0.25) is 10.1 Å². The number of rotatable bonds is 2. The van der Waals surface area contributed by atoms with Gasteiger partial charge in [-0.25, -0.2) is 4.98 Å². The van der Waals surface area contributed by atoms with E-state index in [1.807, 2.05) is 0 Å². The van der Waals surface area contributed by atoms with Crippen LogP contribution in [0.25, 0.3) is 11.3 Å². The van der Waals surface area contributed by atoms with Gasteiger partial charge in [0.2, 0.25) is 0 Å². The van der Waals surface area contributed by atoms with Crippen LogP contribution in [0.2, 0.25) is 0 Å². The van der Waals surface area contributed by atoms with Crippen molar-refractivity contribution in [1.82, 2.24) is 9.97 Å². The summed E-state index contributed by atoms with van der Waals surface area (Å²) in [6.07, 6.45) is 1.48. The molecule has 2 rings (SSSR count). The van der Waals surface area contributed by atoms with Crippen LogP contribution in [0.15, 0.2) is 24.4 Å². The number of benzene rings is 1. The molecule has 0 fully saturated rings. The van der Waals surface area contributed by atoms with Gasteiger partial charge >= 0.3 is 5.69 Å². The van der Waals surface area contributed by atoms with Crippen LogP contribution in [0.3, 0.4) is 0 Å². The minimum atomic E-state index is -0.652. The van der Waals surface area contributed by atoms with Gasteiger partial charge in [0.25, 0.3) is 0 Å². The lowest BCUT2D eigenvalue weighted by molar-refractivity contribution is -0.385. The van der Waals surface area contributed by atoms with Crippen LogP contribution in [-0.2, 0) is 0 Å². The predicted molar refractivity (Wildman–Crippen MR) is 56.8 cm³/mol. The van der Waals surface area contributed by atoms with E-state index in [1.54, 1.807) is 0 Å². The summed E-state index contributed by atoms with van der Waals surface area (Å²) in [5.74, 6) is -0.150. The standard InChI is InChI=1S/C9H8N4O3/c10-9-11-4-6(12-9)5-1-2-7(13(15)16)8(14)3-5/h1-4,14H,(H3,10,11,12). The zero-order chi connectivity index (χ0) is 11.7. The van der Waals surface area contributed by atoms with Crippen LogP contribution < -0.4 is 5.73 Å². The normalized spacial score (nSPS) is 10.2. The summed E-state index contributed by atoms with van der Waals surface area (Å²) in [5, 5.41) is 19.9. The lowest BCUT2D eigenvalue weighted by atomic mass is 10.1. The Morgan fingerprint density at radius 1 is 1.50 bits per heavy atom. The molecular formula is C9H8N4O3. The number of phenolic OH excluding ortho intramolecular Hbond substituents is 1. The Hall–Kier alpha value is -2.57. The molecule has 1 heterocycles. The van der Waals surface area contributed by atoms with Gasteiger partial charge in [0.1, 0.15) is 0 Å². The number of hydrogen-bond acceptors (Lipinski definition) is 5. The van der Waals surface area contributed by atoms with Gasteiger partial charge in [-0.1, -0.05) is 0 Å². The number of imidazole rings is 1. The maximum atomic E-state index is 10.5. The zero-order valence-electron chi connectivity index (χ0n) is 8.04. The van der Waals surface area contributed by atoms with E-state index in [0.717, 1.165) is 0 Å². The molecule has 2 aromatic rings. The van der Waals surface area contributed by atoms with Gasteiger partial charge < -0.3 is 15.8 Å². The first-order valence-electron chi connectivity index (χ1n) is 4.36. The number of nitro groups is 1. The van der Waals surface area contributed by atoms with Crippen molar-refractivity contribution in [2.24, 2.45) is 0 Å². The van der Waals surface area contributed by atoms with Gasteiger partial charge in [-0.15, -0.1) is 0 Å². The SMILES string of the molecule is Nc1ncc(-c2ccc([N+](=O)[O-])c(O)c2)[nH]1. The summed E-state index contributed by atoms with van der Waals surface area (Å²) in [4.78, 5) is 16.4. The van der Waals surface area contributed by atoms with Crippen LogP contribution in [0.4, 0.5) is 11.6 Å². The van der Waals surface area contributed by atoms with Crippen molar-refractivity contribution in [2.75, 3.05) is 5.73 Å². The molecule has 7 heteroatoms. The molecular weight excluding hydrogens is 212 g/mol. The third kappa shape index (κ3) is 1.65. The molecule has 0 aliphatic heterocycles. The molecule has 0 amide bonds. The fourth-order valence-electron chi connectivity index (χ4n) is 1.33. The van der Waals surface area contributed by atoms with E-state index < -0.39 is 10.7 Å². The number of anilines is 1. The van der Waals surface area contributed by atoms with Gasteiger partial charge in [0.05, 0.1) is 16.8 Å². The number of nitrogens with two attached hydrogens (primary N) is 1. The van der Waals surface area contributed by atoms with E-state index >= 15 is 0 Å². The highest BCUT2D eigenvalue weighted by atomic mass is 16.6. The van der Waals surface area contributed by atoms with Crippen LogP contribution in [0, 0.1) is 10.1 Å². The maximum Gasteiger partial charge on any atom is 0.310 e. The van der Waals surface area contributed by atoms with Crippen molar-refractivity contribution in [2.45, 2.75) is 0 Å². The molecule has 16 heavy (non-hydrogen) atoms. The van der Waals surface area contributed by atoms with Crippen LogP contribution in [0.5, 0.6) is 5.75 Å². The lowest BCUT2D eigenvalue weighted by Crippen LogP contribution is -1.89. The molecule has 82 valence electrons. The molecule has 0 saturated carbocycles. The van der Waals surface area contributed by atoms with E-state index in [0.29, 0.717) is 11.3 Å². The Morgan fingerprint density at radius 2 is 2.25 bits per heavy atom. The monoisotopic (exact) mass is 220 g/mol.